The van der Waals surface area contributed by atoms with Gasteiger partial charge in [-0.15, -0.1) is 0 Å². The first-order valence-corrected chi connectivity index (χ1v) is 30.7. The van der Waals surface area contributed by atoms with E-state index in [2.05, 4.69) is 21.3 Å². The molecule has 0 atom stereocenters. The van der Waals surface area contributed by atoms with Gasteiger partial charge in [0.15, 0.2) is 23.0 Å². The number of fused-ring (bicyclic) bond motifs is 3. The van der Waals surface area contributed by atoms with Crippen LogP contribution in [0.15, 0.2) is 218 Å². The SMILES string of the molecule is O=C(Nc1cc(C(F)(F)F)ccc1Oc1ccc(Cl)c2ccccc12)c1cc(Cl)ccc1O.O=C(Nc1cc(Cl)ccc1Oc1ccc(Cl)c2ccccc12)c1cc(Cl)ccc1O.O=CNc1cccc(C(=O)Nc2cc(C(F)(F)F)ccc2Oc2ccc(Cl)c3ccccc23)c1O. The zero-order valence-corrected chi connectivity index (χ0v) is 54.1. The Morgan fingerprint density at radius 2 is 0.673 bits per heavy atom. The third-order valence-electron chi connectivity index (χ3n) is 14.4. The van der Waals surface area contributed by atoms with Crippen LogP contribution in [0.2, 0.25) is 30.1 Å². The molecule has 0 bridgehead atoms. The number of amides is 4. The molecule has 0 fully saturated rings. The summed E-state index contributed by atoms with van der Waals surface area (Å²) in [7, 11) is 0. The van der Waals surface area contributed by atoms with Gasteiger partial charge in [0, 0.05) is 62.5 Å². The number of carbonyl (C=O) groups is 4. The molecule has 0 aliphatic rings. The second-order valence-corrected chi connectivity index (χ2v) is 23.3. The summed E-state index contributed by atoms with van der Waals surface area (Å²) < 4.78 is 98.1. The van der Waals surface area contributed by atoms with Crippen LogP contribution in [0.5, 0.6) is 51.7 Å². The fourth-order valence-corrected chi connectivity index (χ4v) is 10.9. The number of carbonyl (C=O) groups excluding carboxylic acids is 4. The Labute approximate surface area is 582 Å². The summed E-state index contributed by atoms with van der Waals surface area (Å²) in [5, 5.41) is 46.7. The molecule has 12 aromatic rings. The van der Waals surface area contributed by atoms with Gasteiger partial charge in [-0.1, -0.05) is 148 Å². The Kier molecular flexibility index (Phi) is 21.7. The lowest BCUT2D eigenvalue weighted by Crippen LogP contribution is -2.15. The zero-order chi connectivity index (χ0) is 70.2. The van der Waals surface area contributed by atoms with E-state index in [0.717, 1.165) is 47.2 Å². The summed E-state index contributed by atoms with van der Waals surface area (Å²) >= 11 is 36.7. The summed E-state index contributed by atoms with van der Waals surface area (Å²) in [6.45, 7) is 0. The maximum absolute atomic E-state index is 13.4. The Hall–Kier alpha value is -10.6. The molecule has 26 heteroatoms. The van der Waals surface area contributed by atoms with E-state index in [-0.39, 0.29) is 61.8 Å². The minimum absolute atomic E-state index is 0.0327. The number of phenols is 3. The molecule has 7 N–H and O–H groups in total. The minimum atomic E-state index is -4.68. The largest absolute Gasteiger partial charge is 0.507 e. The van der Waals surface area contributed by atoms with Crippen molar-refractivity contribution in [2.75, 3.05) is 21.3 Å². The van der Waals surface area contributed by atoms with Crippen LogP contribution in [-0.2, 0) is 17.1 Å². The molecular formula is C72H44Cl6F6N4O10. The number of aromatic hydroxyl groups is 3. The second-order valence-electron chi connectivity index (χ2n) is 20.8. The standard InChI is InChI=1S/C25H16ClF3N2O4.C24H14Cl2F3NO3.C23H14Cl3NO3/c26-18-9-11-21(16-5-2-1-4-15(16)18)35-22-10-8-14(25(27,28)29)12-20(22)31-24(34)17-6-3-7-19(23(17)33)30-13-32;25-14-6-8-20(31)17(12-14)23(32)30-19-11-13(24(27,28)29)5-9-22(19)33-21-10-7-18(26)15-3-1-2-4-16(15)21;24-13-5-8-20(28)17(11-13)23(29)27-19-12-14(25)6-9-22(19)30-21-10-7-18(26)15-3-1-2-4-16(15)21/h1-13,33H,(H,30,32)(H,31,34);1-12,31H,(H,30,32);1-12,28H,(H,27,29). The predicted molar refractivity (Wildman–Crippen MR) is 369 cm³/mol. The quantitative estimate of drug-likeness (QED) is 0.0312. The molecule has 12 rings (SSSR count). The van der Waals surface area contributed by atoms with Gasteiger partial charge in [-0.2, -0.15) is 26.3 Å². The van der Waals surface area contributed by atoms with E-state index >= 15 is 0 Å². The number of ether oxygens (including phenoxy) is 3. The van der Waals surface area contributed by atoms with E-state index in [4.69, 9.17) is 83.8 Å². The summed E-state index contributed by atoms with van der Waals surface area (Å²) in [5.74, 6) is -1.97. The van der Waals surface area contributed by atoms with Gasteiger partial charge in [-0.3, -0.25) is 19.2 Å². The maximum Gasteiger partial charge on any atom is 0.416 e. The molecule has 0 spiro atoms. The first-order valence-electron chi connectivity index (χ1n) is 28.4. The van der Waals surface area contributed by atoms with Gasteiger partial charge in [0.25, 0.3) is 17.7 Å². The fourth-order valence-electron chi connectivity index (χ4n) is 9.66. The van der Waals surface area contributed by atoms with Crippen LogP contribution in [0, 0.1) is 0 Å². The predicted octanol–water partition coefficient (Wildman–Crippen LogP) is 22.3. The van der Waals surface area contributed by atoms with Gasteiger partial charge in [0.2, 0.25) is 6.41 Å². The molecule has 14 nitrogen and oxygen atoms in total. The highest BCUT2D eigenvalue weighted by molar-refractivity contribution is 6.37. The van der Waals surface area contributed by atoms with Gasteiger partial charge in [-0.05, 0) is 140 Å². The minimum Gasteiger partial charge on any atom is -0.507 e. The number of phenolic OH excluding ortho intramolecular Hbond substituents is 3. The highest BCUT2D eigenvalue weighted by Gasteiger charge is 2.33. The summed E-state index contributed by atoms with van der Waals surface area (Å²) in [6.07, 6.45) is -9.02. The molecule has 0 aliphatic carbocycles. The monoisotopic (exact) mass is 1450 g/mol. The molecule has 496 valence electrons. The Balaban J connectivity index is 0.000000160. The van der Waals surface area contributed by atoms with E-state index in [1.54, 1.807) is 103 Å². The van der Waals surface area contributed by atoms with Crippen LogP contribution in [-0.4, -0.2) is 39.5 Å². The van der Waals surface area contributed by atoms with Gasteiger partial charge in [-0.25, -0.2) is 0 Å². The smallest absolute Gasteiger partial charge is 0.416 e. The molecule has 98 heavy (non-hydrogen) atoms. The highest BCUT2D eigenvalue weighted by atomic mass is 35.5. The van der Waals surface area contributed by atoms with Crippen molar-refractivity contribution in [2.24, 2.45) is 0 Å². The topological polar surface area (TPSA) is 205 Å². The van der Waals surface area contributed by atoms with Crippen LogP contribution in [0.4, 0.5) is 49.1 Å². The van der Waals surface area contributed by atoms with Crippen molar-refractivity contribution < 1.29 is 75.1 Å². The van der Waals surface area contributed by atoms with Gasteiger partial charge in [0.05, 0.1) is 50.6 Å². The van der Waals surface area contributed by atoms with Gasteiger partial charge >= 0.3 is 12.4 Å². The number of anilines is 4. The maximum atomic E-state index is 13.4. The molecular weight excluding hydrogens is 1410 g/mol. The second kappa shape index (κ2) is 30.2. The molecule has 0 aliphatic heterocycles. The number of hydrogen-bond acceptors (Lipinski definition) is 10. The molecule has 0 heterocycles. The first kappa shape index (κ1) is 70.2. The third-order valence-corrected chi connectivity index (χ3v) is 16.0. The number of alkyl halides is 6. The molecule has 0 saturated carbocycles. The molecule has 12 aromatic carbocycles. The molecule has 0 aromatic heterocycles. The fraction of sp³-hybridized carbons (Fsp3) is 0.0278. The van der Waals surface area contributed by atoms with Crippen molar-refractivity contribution >= 4 is 149 Å². The highest BCUT2D eigenvalue weighted by Crippen LogP contribution is 2.44. The number of halogens is 12. The van der Waals surface area contributed by atoms with E-state index in [1.165, 1.54) is 54.6 Å². The summed E-state index contributed by atoms with van der Waals surface area (Å²) in [5.41, 5.74) is -2.66. The zero-order valence-electron chi connectivity index (χ0n) is 49.6. The molecule has 0 unspecified atom stereocenters. The number of para-hydroxylation sites is 1. The van der Waals surface area contributed by atoms with E-state index in [1.807, 2.05) is 24.3 Å². The van der Waals surface area contributed by atoms with E-state index in [9.17, 15) is 60.8 Å². The number of benzene rings is 12. The van der Waals surface area contributed by atoms with Gasteiger partial charge < -0.3 is 50.8 Å². The third kappa shape index (κ3) is 16.6. The number of rotatable bonds is 14. The first-order chi connectivity index (χ1) is 46.7. The van der Waals surface area contributed by atoms with Crippen LogP contribution >= 0.6 is 69.6 Å². The Morgan fingerprint density at radius 3 is 1.05 bits per heavy atom. The number of hydrogen-bond donors (Lipinski definition) is 7. The lowest BCUT2D eigenvalue weighted by Gasteiger charge is -2.17. The van der Waals surface area contributed by atoms with Crippen molar-refractivity contribution in [1.29, 1.82) is 0 Å². The Morgan fingerprint density at radius 1 is 0.347 bits per heavy atom. The average Bonchev–Trinajstić information content (AvgIpc) is 0.803. The molecule has 0 radical (unpaired) electrons. The van der Waals surface area contributed by atoms with E-state index in [0.29, 0.717) is 81.8 Å². The lowest BCUT2D eigenvalue weighted by molar-refractivity contribution is -0.138. The Bertz CT molecular complexity index is 5080. The molecule has 0 saturated heterocycles. The van der Waals surface area contributed by atoms with Gasteiger partial charge in [0.1, 0.15) is 28.7 Å². The van der Waals surface area contributed by atoms with Crippen LogP contribution < -0.4 is 35.5 Å². The van der Waals surface area contributed by atoms with Crippen LogP contribution in [0.1, 0.15) is 42.2 Å². The van der Waals surface area contributed by atoms with Crippen molar-refractivity contribution in [2.45, 2.75) is 12.4 Å². The van der Waals surface area contributed by atoms with Crippen LogP contribution in [0.3, 0.4) is 0 Å². The van der Waals surface area contributed by atoms with Crippen molar-refractivity contribution in [3.63, 3.8) is 0 Å². The number of nitrogens with one attached hydrogen (secondary N) is 4. The lowest BCUT2D eigenvalue weighted by atomic mass is 10.1. The normalized spacial score (nSPS) is 11.1. The van der Waals surface area contributed by atoms with Crippen LogP contribution in [0.25, 0.3) is 32.3 Å². The summed E-state index contributed by atoms with van der Waals surface area (Å²) in [4.78, 5) is 49.0. The average molecular weight is 1450 g/mol. The van der Waals surface area contributed by atoms with E-state index < -0.39 is 47.0 Å². The van der Waals surface area contributed by atoms with Crippen molar-refractivity contribution in [3.05, 3.63) is 276 Å². The molecule has 4 amide bonds. The van der Waals surface area contributed by atoms with Crippen molar-refractivity contribution in [1.82, 2.24) is 0 Å². The summed E-state index contributed by atoms with van der Waals surface area (Å²) in [6, 6.07) is 53.8. The van der Waals surface area contributed by atoms with Crippen molar-refractivity contribution in [3.8, 4) is 51.7 Å².